The van der Waals surface area contributed by atoms with Gasteiger partial charge in [-0.15, -0.1) is 0 Å². The van der Waals surface area contributed by atoms with Crippen molar-refractivity contribution in [1.82, 2.24) is 0 Å². The molecule has 134 valence electrons. The van der Waals surface area contributed by atoms with Crippen molar-refractivity contribution in [3.63, 3.8) is 0 Å². The second-order valence-corrected chi connectivity index (χ2v) is 13.0. The lowest BCUT2D eigenvalue weighted by Gasteiger charge is -2.47. The van der Waals surface area contributed by atoms with Crippen LogP contribution in [0.15, 0.2) is 60.7 Å². The summed E-state index contributed by atoms with van der Waals surface area (Å²) in [5.41, 5.74) is 0.101. The van der Waals surface area contributed by atoms with Crippen LogP contribution in [0.25, 0.3) is 0 Å². The molecule has 0 fully saturated rings. The lowest BCUT2D eigenvalue weighted by molar-refractivity contribution is -0.108. The first-order chi connectivity index (χ1) is 12.0. The summed E-state index contributed by atoms with van der Waals surface area (Å²) in [5.74, 6) is 0. The van der Waals surface area contributed by atoms with Crippen LogP contribution in [-0.2, 0) is 4.79 Å². The zero-order valence-electron chi connectivity index (χ0n) is 16.2. The van der Waals surface area contributed by atoms with E-state index in [0.29, 0.717) is 0 Å². The maximum absolute atomic E-state index is 12.4. The summed E-state index contributed by atoms with van der Waals surface area (Å²) in [6, 6.07) is 21.6. The van der Waals surface area contributed by atoms with E-state index in [4.69, 9.17) is 0 Å². The van der Waals surface area contributed by atoms with Crippen LogP contribution in [0.1, 0.15) is 53.4 Å². The van der Waals surface area contributed by atoms with Crippen molar-refractivity contribution in [1.29, 1.82) is 0 Å². The Bertz CT molecular complexity index is 603. The van der Waals surface area contributed by atoms with Crippen molar-refractivity contribution in [3.05, 3.63) is 60.7 Å². The molecular weight excluding hydrogens is 320 g/mol. The number of benzene rings is 2. The molecule has 0 aliphatic carbocycles. The summed E-state index contributed by atoms with van der Waals surface area (Å²) < 4.78 is 0. The molecule has 0 spiro atoms. The molecule has 1 atom stereocenters. The Hall–Kier alpha value is -1.67. The molecule has 2 heteroatoms. The van der Waals surface area contributed by atoms with Gasteiger partial charge in [0.15, 0.2) is 0 Å². The Balaban J connectivity index is 2.69. The van der Waals surface area contributed by atoms with Gasteiger partial charge in [-0.1, -0.05) is 118 Å². The van der Waals surface area contributed by atoms with Gasteiger partial charge in [-0.25, -0.2) is 0 Å². The zero-order valence-corrected chi connectivity index (χ0v) is 17.2. The van der Waals surface area contributed by atoms with Crippen molar-refractivity contribution < 1.29 is 4.79 Å². The van der Waals surface area contributed by atoms with Gasteiger partial charge in [0.2, 0.25) is 0 Å². The fraction of sp³-hybridized carbons (Fsp3) is 0.435. The molecule has 2 aromatic rings. The van der Waals surface area contributed by atoms with Crippen LogP contribution in [0.4, 0.5) is 0 Å². The van der Waals surface area contributed by atoms with Gasteiger partial charge >= 0.3 is 0 Å². The molecule has 25 heavy (non-hydrogen) atoms. The highest BCUT2D eigenvalue weighted by molar-refractivity contribution is 7.06. The van der Waals surface area contributed by atoms with Crippen LogP contribution >= 0.6 is 0 Å². The molecule has 0 aromatic heterocycles. The third-order valence-electron chi connectivity index (χ3n) is 5.48. The zero-order chi connectivity index (χ0) is 18.3. The van der Waals surface area contributed by atoms with Crippen molar-refractivity contribution in [2.24, 2.45) is 0 Å². The van der Waals surface area contributed by atoms with Gasteiger partial charge in [0.25, 0.3) is 0 Å². The van der Waals surface area contributed by atoms with Gasteiger partial charge in [0, 0.05) is 5.54 Å². The minimum atomic E-state index is -2.30. The van der Waals surface area contributed by atoms with Gasteiger partial charge in [0.1, 0.15) is 14.4 Å². The third-order valence-corrected chi connectivity index (χ3v) is 11.9. The number of carbonyl (C=O) groups is 1. The van der Waals surface area contributed by atoms with Crippen LogP contribution < -0.4 is 10.4 Å². The maximum Gasteiger partial charge on any atom is 0.133 e. The summed E-state index contributed by atoms with van der Waals surface area (Å²) in [5, 5.41) is 2.80. The summed E-state index contributed by atoms with van der Waals surface area (Å²) >= 11 is 0. The van der Waals surface area contributed by atoms with Gasteiger partial charge in [-0.3, -0.25) is 0 Å². The Kier molecular flexibility index (Phi) is 6.77. The van der Waals surface area contributed by atoms with Crippen molar-refractivity contribution in [2.75, 3.05) is 0 Å². The highest BCUT2D eigenvalue weighted by Crippen LogP contribution is 2.44. The summed E-state index contributed by atoms with van der Waals surface area (Å²) in [6.07, 6.45) is 5.77. The smallest absolute Gasteiger partial charge is 0.133 e. The molecule has 0 radical (unpaired) electrons. The lowest BCUT2D eigenvalue weighted by Crippen LogP contribution is -2.67. The molecule has 0 aliphatic rings. The van der Waals surface area contributed by atoms with Crippen LogP contribution in [0, 0.1) is 0 Å². The van der Waals surface area contributed by atoms with E-state index in [1.54, 1.807) is 0 Å². The first kappa shape index (κ1) is 19.6. The third kappa shape index (κ3) is 3.95. The van der Waals surface area contributed by atoms with Crippen LogP contribution in [0.2, 0.25) is 10.6 Å². The molecule has 2 rings (SSSR count). The summed E-state index contributed by atoms with van der Waals surface area (Å²) in [6.45, 7) is 9.21. The molecule has 0 saturated heterocycles. The molecule has 2 aromatic carbocycles. The minimum Gasteiger partial charge on any atom is -0.303 e. The van der Waals surface area contributed by atoms with Crippen molar-refractivity contribution in [2.45, 2.75) is 64.0 Å². The average Bonchev–Trinajstić information content (AvgIpc) is 2.61. The Morgan fingerprint density at radius 2 is 1.36 bits per heavy atom. The molecule has 0 amide bonds. The standard InChI is InChI=1S/C23H32OSi/c1-5-6-9-18-22(19-24)25(23(2,3)4,20-14-10-7-11-15-20)21-16-12-8-13-17-21/h7-8,10-17,19,22H,5-6,9,18H2,1-4H3. The monoisotopic (exact) mass is 352 g/mol. The quantitative estimate of drug-likeness (QED) is 0.362. The number of aldehydes is 1. The fourth-order valence-corrected chi connectivity index (χ4v) is 10.7. The van der Waals surface area contributed by atoms with E-state index in [0.717, 1.165) is 12.8 Å². The molecular formula is C23H32OSi. The number of carbonyl (C=O) groups excluding carboxylic acids is 1. The van der Waals surface area contributed by atoms with Crippen molar-refractivity contribution in [3.8, 4) is 0 Å². The van der Waals surface area contributed by atoms with Crippen molar-refractivity contribution >= 4 is 24.7 Å². The van der Waals surface area contributed by atoms with Gasteiger partial charge in [0.05, 0.1) is 0 Å². The first-order valence-corrected chi connectivity index (χ1v) is 11.6. The molecule has 0 aliphatic heterocycles. The molecule has 1 unspecified atom stereocenters. The van der Waals surface area contributed by atoms with E-state index < -0.39 is 8.07 Å². The average molecular weight is 353 g/mol. The number of unbranched alkanes of at least 4 members (excludes halogenated alkanes) is 2. The van der Waals surface area contributed by atoms with Gasteiger partial charge in [-0.05, 0) is 11.5 Å². The first-order valence-electron chi connectivity index (χ1n) is 9.54. The highest BCUT2D eigenvalue weighted by atomic mass is 28.3. The predicted octanol–water partition coefficient (Wildman–Crippen LogP) is 5.20. The topological polar surface area (TPSA) is 17.1 Å². The molecule has 0 N–H and O–H groups in total. The maximum atomic E-state index is 12.4. The number of hydrogen-bond acceptors (Lipinski definition) is 1. The normalized spacial score (nSPS) is 13.4. The largest absolute Gasteiger partial charge is 0.303 e. The molecule has 1 nitrogen and oxygen atoms in total. The van der Waals surface area contributed by atoms with E-state index in [9.17, 15) is 4.79 Å². The van der Waals surface area contributed by atoms with E-state index in [1.165, 1.54) is 29.5 Å². The SMILES string of the molecule is CCCCCC(C=O)[Si](c1ccccc1)(c1ccccc1)C(C)(C)C. The number of hydrogen-bond donors (Lipinski definition) is 0. The second kappa shape index (κ2) is 8.62. The van der Waals surface area contributed by atoms with Crippen LogP contribution in [-0.4, -0.2) is 14.4 Å². The lowest BCUT2D eigenvalue weighted by atomic mass is 10.1. The predicted molar refractivity (Wildman–Crippen MR) is 112 cm³/mol. The second-order valence-electron chi connectivity index (χ2n) is 8.03. The molecule has 0 heterocycles. The highest BCUT2D eigenvalue weighted by Gasteiger charge is 2.52. The summed E-state index contributed by atoms with van der Waals surface area (Å²) in [7, 11) is -2.30. The van der Waals surface area contributed by atoms with E-state index >= 15 is 0 Å². The molecule has 0 saturated carbocycles. The Labute approximate surface area is 154 Å². The van der Waals surface area contributed by atoms with E-state index in [2.05, 4.69) is 88.4 Å². The minimum absolute atomic E-state index is 0.0491. The van der Waals surface area contributed by atoms with E-state index in [-0.39, 0.29) is 10.6 Å². The van der Waals surface area contributed by atoms with Gasteiger partial charge < -0.3 is 4.79 Å². The Morgan fingerprint density at radius 1 is 0.880 bits per heavy atom. The number of rotatable bonds is 8. The summed E-state index contributed by atoms with van der Waals surface area (Å²) in [4.78, 5) is 12.4. The van der Waals surface area contributed by atoms with Gasteiger partial charge in [-0.2, -0.15) is 0 Å². The van der Waals surface area contributed by atoms with Crippen LogP contribution in [0.3, 0.4) is 0 Å². The Morgan fingerprint density at radius 3 is 1.72 bits per heavy atom. The van der Waals surface area contributed by atoms with E-state index in [1.807, 2.05) is 0 Å². The fourth-order valence-electron chi connectivity index (χ4n) is 4.42. The molecule has 0 bridgehead atoms. The van der Waals surface area contributed by atoms with Crippen LogP contribution in [0.5, 0.6) is 0 Å².